The first-order valence-electron chi connectivity index (χ1n) is 12.0. The number of rotatable bonds is 3. The summed E-state index contributed by atoms with van der Waals surface area (Å²) in [7, 11) is 0. The van der Waals surface area contributed by atoms with Gasteiger partial charge in [-0.3, -0.25) is 4.79 Å². The fourth-order valence-electron chi connectivity index (χ4n) is 8.44. The van der Waals surface area contributed by atoms with Gasteiger partial charge in [0.15, 0.2) is 0 Å². The molecular formula is C25H34O7. The van der Waals surface area contributed by atoms with Crippen LogP contribution in [0.4, 0.5) is 0 Å². The van der Waals surface area contributed by atoms with Crippen molar-refractivity contribution >= 4 is 18.2 Å². The average molecular weight is 447 g/mol. The molecule has 5 rings (SSSR count). The van der Waals surface area contributed by atoms with Gasteiger partial charge in [-0.25, -0.2) is 4.79 Å². The molecule has 176 valence electrons. The van der Waals surface area contributed by atoms with E-state index in [1.807, 2.05) is 0 Å². The molecule has 0 bridgehead atoms. The SMILES string of the molecule is CC(=O)O[C@H]1CC[C@]2(C=O)[C@@H]3CC[C@]4(C)C[C@@H](C5=CC(=O)OC5)C[C@]4(O)[C@H]3CC[C@@]2(O)C1. The zero-order valence-electron chi connectivity index (χ0n) is 19.0. The van der Waals surface area contributed by atoms with Crippen molar-refractivity contribution in [3.63, 3.8) is 0 Å². The number of ether oxygens (including phenoxy) is 2. The fraction of sp³-hybridized carbons (Fsp3) is 0.800. The van der Waals surface area contributed by atoms with Gasteiger partial charge in [-0.1, -0.05) is 6.92 Å². The summed E-state index contributed by atoms with van der Waals surface area (Å²) in [6.45, 7) is 3.82. The molecule has 0 aromatic carbocycles. The molecule has 0 saturated heterocycles. The Labute approximate surface area is 188 Å². The van der Waals surface area contributed by atoms with Gasteiger partial charge >= 0.3 is 11.9 Å². The maximum Gasteiger partial charge on any atom is 0.331 e. The van der Waals surface area contributed by atoms with Crippen LogP contribution in [0.15, 0.2) is 11.6 Å². The van der Waals surface area contributed by atoms with E-state index in [4.69, 9.17) is 9.47 Å². The quantitative estimate of drug-likeness (QED) is 0.506. The molecule has 8 atom stereocenters. The molecule has 7 nitrogen and oxygen atoms in total. The molecule has 0 amide bonds. The highest BCUT2D eigenvalue weighted by atomic mass is 16.5. The molecule has 0 unspecified atom stereocenters. The normalized spacial score (nSPS) is 49.9. The van der Waals surface area contributed by atoms with Crippen LogP contribution in [0.1, 0.15) is 71.6 Å². The summed E-state index contributed by atoms with van der Waals surface area (Å²) in [4.78, 5) is 35.8. The largest absolute Gasteiger partial charge is 0.462 e. The third kappa shape index (κ3) is 2.89. The Hall–Kier alpha value is -1.73. The van der Waals surface area contributed by atoms with E-state index in [-0.39, 0.29) is 47.6 Å². The van der Waals surface area contributed by atoms with Crippen molar-refractivity contribution in [3.8, 4) is 0 Å². The lowest BCUT2D eigenvalue weighted by atomic mass is 9.42. The van der Waals surface area contributed by atoms with Crippen molar-refractivity contribution in [2.45, 2.75) is 88.9 Å². The zero-order valence-corrected chi connectivity index (χ0v) is 19.0. The van der Waals surface area contributed by atoms with E-state index in [0.29, 0.717) is 38.7 Å². The molecule has 0 aromatic heterocycles. The number of cyclic esters (lactones) is 1. The molecule has 4 fully saturated rings. The van der Waals surface area contributed by atoms with Crippen molar-refractivity contribution in [2.75, 3.05) is 6.61 Å². The number of esters is 2. The number of carbonyl (C=O) groups is 3. The van der Waals surface area contributed by atoms with Gasteiger partial charge in [0.25, 0.3) is 0 Å². The first kappa shape index (κ1) is 22.1. The molecule has 0 radical (unpaired) electrons. The number of aldehydes is 1. The summed E-state index contributed by atoms with van der Waals surface area (Å²) in [6, 6.07) is 0. The molecular weight excluding hydrogens is 412 g/mol. The highest BCUT2D eigenvalue weighted by Gasteiger charge is 2.70. The summed E-state index contributed by atoms with van der Waals surface area (Å²) in [5.74, 6) is -0.765. The molecule has 0 aromatic rings. The second-order valence-electron chi connectivity index (χ2n) is 11.4. The van der Waals surface area contributed by atoms with E-state index in [2.05, 4.69) is 6.92 Å². The van der Waals surface area contributed by atoms with Gasteiger partial charge in [-0.15, -0.1) is 0 Å². The minimum absolute atomic E-state index is 0.0828. The van der Waals surface area contributed by atoms with Gasteiger partial charge in [-0.05, 0) is 80.1 Å². The van der Waals surface area contributed by atoms with E-state index < -0.39 is 16.6 Å². The third-order valence-electron chi connectivity index (χ3n) is 10.00. The van der Waals surface area contributed by atoms with Crippen LogP contribution in [-0.4, -0.2) is 52.4 Å². The van der Waals surface area contributed by atoms with Gasteiger partial charge in [0, 0.05) is 19.4 Å². The summed E-state index contributed by atoms with van der Waals surface area (Å²) in [5, 5.41) is 23.9. The van der Waals surface area contributed by atoms with Crippen LogP contribution in [0, 0.1) is 28.6 Å². The van der Waals surface area contributed by atoms with Crippen LogP contribution in [0.25, 0.3) is 0 Å². The van der Waals surface area contributed by atoms with Crippen LogP contribution in [-0.2, 0) is 23.9 Å². The summed E-state index contributed by atoms with van der Waals surface area (Å²) in [6.07, 6.45) is 7.44. The van der Waals surface area contributed by atoms with Crippen LogP contribution in [0.2, 0.25) is 0 Å². The predicted octanol–water partition coefficient (Wildman–Crippen LogP) is 2.47. The van der Waals surface area contributed by atoms with Gasteiger partial charge < -0.3 is 24.5 Å². The standard InChI is InChI=1S/C25H34O7/c1-15(27)32-18-3-7-23(14-26)19-4-6-22(2)10-17(16-9-21(28)31-13-16)11-25(22,30)20(19)5-8-24(23,29)12-18/h9,14,17-20,29-30H,3-8,10-13H2,1-2H3/t17-,18+,19-,20+,22-,23+,24-,25+/m1/s1. The molecule has 32 heavy (non-hydrogen) atoms. The Balaban J connectivity index is 1.45. The molecule has 1 heterocycles. The monoisotopic (exact) mass is 446 g/mol. The van der Waals surface area contributed by atoms with Crippen LogP contribution in [0.3, 0.4) is 0 Å². The topological polar surface area (TPSA) is 110 Å². The minimum Gasteiger partial charge on any atom is -0.462 e. The van der Waals surface area contributed by atoms with E-state index in [0.717, 1.165) is 31.1 Å². The van der Waals surface area contributed by atoms with Crippen molar-refractivity contribution in [3.05, 3.63) is 11.6 Å². The number of aliphatic hydroxyl groups is 2. The van der Waals surface area contributed by atoms with Gasteiger partial charge in [0.05, 0.1) is 16.6 Å². The maximum atomic E-state index is 12.7. The van der Waals surface area contributed by atoms with Crippen LogP contribution in [0.5, 0.6) is 0 Å². The molecule has 1 aliphatic heterocycles. The lowest BCUT2D eigenvalue weighted by Crippen LogP contribution is -2.68. The van der Waals surface area contributed by atoms with Gasteiger partial charge in [0.1, 0.15) is 19.0 Å². The number of hydrogen-bond acceptors (Lipinski definition) is 7. The minimum atomic E-state index is -1.22. The Morgan fingerprint density at radius 2 is 1.88 bits per heavy atom. The average Bonchev–Trinajstić information content (AvgIpc) is 3.27. The number of fused-ring (bicyclic) bond motifs is 5. The van der Waals surface area contributed by atoms with E-state index >= 15 is 0 Å². The Bertz CT molecular complexity index is 882. The van der Waals surface area contributed by atoms with E-state index in [1.54, 1.807) is 6.08 Å². The second-order valence-corrected chi connectivity index (χ2v) is 11.4. The summed E-state index contributed by atoms with van der Waals surface area (Å²) >= 11 is 0. The van der Waals surface area contributed by atoms with Gasteiger partial charge in [0.2, 0.25) is 0 Å². The van der Waals surface area contributed by atoms with Crippen molar-refractivity contribution in [1.82, 2.24) is 0 Å². The lowest BCUT2D eigenvalue weighted by molar-refractivity contribution is -0.247. The third-order valence-corrected chi connectivity index (χ3v) is 10.00. The van der Waals surface area contributed by atoms with Gasteiger partial charge in [-0.2, -0.15) is 0 Å². The highest BCUT2D eigenvalue weighted by molar-refractivity contribution is 5.85. The first-order valence-corrected chi connectivity index (χ1v) is 12.0. The molecule has 0 spiro atoms. The Morgan fingerprint density at radius 1 is 1.12 bits per heavy atom. The van der Waals surface area contributed by atoms with Crippen LogP contribution < -0.4 is 0 Å². The summed E-state index contributed by atoms with van der Waals surface area (Å²) < 4.78 is 10.5. The molecule has 2 N–H and O–H groups in total. The molecule has 4 aliphatic carbocycles. The zero-order chi connectivity index (χ0) is 22.9. The lowest BCUT2D eigenvalue weighted by Gasteiger charge is -2.64. The smallest absolute Gasteiger partial charge is 0.331 e. The first-order chi connectivity index (χ1) is 15.1. The fourth-order valence-corrected chi connectivity index (χ4v) is 8.44. The molecule has 4 saturated carbocycles. The van der Waals surface area contributed by atoms with Crippen molar-refractivity contribution in [2.24, 2.45) is 28.6 Å². The summed E-state index contributed by atoms with van der Waals surface area (Å²) in [5.41, 5.74) is -2.41. The Kier molecular flexibility index (Phi) is 4.92. The van der Waals surface area contributed by atoms with E-state index in [1.165, 1.54) is 6.92 Å². The molecule has 5 aliphatic rings. The maximum absolute atomic E-state index is 12.7. The van der Waals surface area contributed by atoms with Crippen molar-refractivity contribution in [1.29, 1.82) is 0 Å². The van der Waals surface area contributed by atoms with Crippen molar-refractivity contribution < 1.29 is 34.1 Å². The van der Waals surface area contributed by atoms with E-state index in [9.17, 15) is 24.6 Å². The predicted molar refractivity (Wildman–Crippen MR) is 113 cm³/mol. The van der Waals surface area contributed by atoms with Crippen LogP contribution >= 0.6 is 0 Å². The number of hydrogen-bond donors (Lipinski definition) is 2. The highest BCUT2D eigenvalue weighted by Crippen LogP contribution is 2.69. The number of carbonyl (C=O) groups excluding carboxylic acids is 3. The molecule has 7 heteroatoms. The second kappa shape index (κ2) is 7.13. The Morgan fingerprint density at radius 3 is 2.53 bits per heavy atom.